The Labute approximate surface area is 94.2 Å². The van der Waals surface area contributed by atoms with Crippen molar-refractivity contribution in [3.63, 3.8) is 0 Å². The molecule has 0 aliphatic heterocycles. The SMILES string of the molecule is CCC(C)(C)C(C)C(=O)Cl.CCCC. The lowest BCUT2D eigenvalue weighted by Crippen LogP contribution is -2.25. The summed E-state index contributed by atoms with van der Waals surface area (Å²) in [7, 11) is 0. The minimum absolute atomic E-state index is 0.0405. The summed E-state index contributed by atoms with van der Waals surface area (Å²) in [5.74, 6) is -0.0424. The second-order valence-electron chi connectivity index (χ2n) is 4.37. The third-order valence-corrected chi connectivity index (χ3v) is 3.25. The topological polar surface area (TPSA) is 17.1 Å². The first kappa shape index (κ1) is 16.4. The average molecular weight is 221 g/mol. The van der Waals surface area contributed by atoms with Crippen LogP contribution in [-0.4, -0.2) is 5.24 Å². The van der Waals surface area contributed by atoms with E-state index in [2.05, 4.69) is 34.6 Å². The smallest absolute Gasteiger partial charge is 0.224 e. The predicted molar refractivity (Wildman–Crippen MR) is 64.7 cm³/mol. The molecule has 0 bridgehead atoms. The van der Waals surface area contributed by atoms with Crippen molar-refractivity contribution in [2.24, 2.45) is 11.3 Å². The molecule has 0 rings (SSSR count). The van der Waals surface area contributed by atoms with Crippen LogP contribution < -0.4 is 0 Å². The van der Waals surface area contributed by atoms with Crippen LogP contribution in [0.1, 0.15) is 60.8 Å². The number of unbranched alkanes of at least 4 members (excludes halogenated alkanes) is 1. The van der Waals surface area contributed by atoms with E-state index in [1.807, 2.05) is 6.92 Å². The zero-order valence-electron chi connectivity index (χ0n) is 10.5. The summed E-state index contributed by atoms with van der Waals surface area (Å²) in [5.41, 5.74) is 0.0405. The summed E-state index contributed by atoms with van der Waals surface area (Å²) >= 11 is 5.35. The zero-order valence-corrected chi connectivity index (χ0v) is 11.2. The molecule has 0 N–H and O–H groups in total. The van der Waals surface area contributed by atoms with Gasteiger partial charge in [0, 0.05) is 5.92 Å². The van der Waals surface area contributed by atoms with Crippen molar-refractivity contribution in [1.29, 1.82) is 0 Å². The van der Waals surface area contributed by atoms with Gasteiger partial charge >= 0.3 is 0 Å². The lowest BCUT2D eigenvalue weighted by molar-refractivity contribution is -0.117. The molecule has 0 aromatic rings. The monoisotopic (exact) mass is 220 g/mol. The summed E-state index contributed by atoms with van der Waals surface area (Å²) in [4.78, 5) is 10.7. The van der Waals surface area contributed by atoms with Crippen molar-refractivity contribution in [2.45, 2.75) is 60.8 Å². The molecular weight excluding hydrogens is 196 g/mol. The Hall–Kier alpha value is -0.0400. The maximum absolute atomic E-state index is 10.7. The molecule has 0 aliphatic carbocycles. The van der Waals surface area contributed by atoms with E-state index < -0.39 is 0 Å². The number of hydrogen-bond acceptors (Lipinski definition) is 1. The molecular formula is C12H25ClO. The third-order valence-electron chi connectivity index (χ3n) is 2.92. The Morgan fingerprint density at radius 1 is 1.21 bits per heavy atom. The molecule has 0 aromatic heterocycles. The molecule has 14 heavy (non-hydrogen) atoms. The molecule has 1 unspecified atom stereocenters. The van der Waals surface area contributed by atoms with Gasteiger partial charge in [-0.15, -0.1) is 0 Å². The van der Waals surface area contributed by atoms with Crippen molar-refractivity contribution in [3.8, 4) is 0 Å². The molecule has 0 amide bonds. The Bertz CT molecular complexity index is 150. The summed E-state index contributed by atoms with van der Waals surface area (Å²) in [6.45, 7) is 12.4. The van der Waals surface area contributed by atoms with Gasteiger partial charge in [0.2, 0.25) is 5.24 Å². The van der Waals surface area contributed by atoms with Crippen LogP contribution in [0.4, 0.5) is 0 Å². The fraction of sp³-hybridized carbons (Fsp3) is 0.917. The van der Waals surface area contributed by atoms with Crippen molar-refractivity contribution < 1.29 is 4.79 Å². The molecule has 86 valence electrons. The molecule has 0 heterocycles. The van der Waals surface area contributed by atoms with Crippen LogP contribution in [0.25, 0.3) is 0 Å². The molecule has 0 radical (unpaired) electrons. The molecule has 0 saturated carbocycles. The molecule has 2 heteroatoms. The number of halogens is 1. The maximum Gasteiger partial charge on any atom is 0.224 e. The standard InChI is InChI=1S/C8H15ClO.C4H10/c1-5-8(3,4)6(2)7(9)10;1-3-4-2/h6H,5H2,1-4H3;3-4H2,1-2H3. The quantitative estimate of drug-likeness (QED) is 0.632. The molecule has 0 fully saturated rings. The first-order valence-electron chi connectivity index (χ1n) is 5.52. The minimum atomic E-state index is -0.230. The van der Waals surface area contributed by atoms with Crippen molar-refractivity contribution >= 4 is 16.8 Å². The van der Waals surface area contributed by atoms with E-state index in [0.717, 1.165) is 6.42 Å². The zero-order chi connectivity index (χ0) is 11.8. The van der Waals surface area contributed by atoms with Crippen molar-refractivity contribution in [3.05, 3.63) is 0 Å². The first-order valence-corrected chi connectivity index (χ1v) is 5.90. The lowest BCUT2D eigenvalue weighted by Gasteiger charge is -2.27. The van der Waals surface area contributed by atoms with Crippen LogP contribution in [0, 0.1) is 11.3 Å². The number of rotatable bonds is 4. The van der Waals surface area contributed by atoms with E-state index in [-0.39, 0.29) is 16.6 Å². The van der Waals surface area contributed by atoms with E-state index in [4.69, 9.17) is 11.6 Å². The fourth-order valence-corrected chi connectivity index (χ4v) is 0.909. The molecule has 0 aromatic carbocycles. The van der Waals surface area contributed by atoms with E-state index in [9.17, 15) is 4.79 Å². The van der Waals surface area contributed by atoms with E-state index in [1.165, 1.54) is 12.8 Å². The molecule has 0 saturated heterocycles. The Kier molecular flexibility index (Phi) is 9.70. The maximum atomic E-state index is 10.7. The van der Waals surface area contributed by atoms with Gasteiger partial charge in [0.25, 0.3) is 0 Å². The first-order chi connectivity index (χ1) is 6.33. The Morgan fingerprint density at radius 3 is 1.64 bits per heavy atom. The van der Waals surface area contributed by atoms with Gasteiger partial charge < -0.3 is 0 Å². The average Bonchev–Trinajstić information content (AvgIpc) is 2.16. The van der Waals surface area contributed by atoms with E-state index in [1.54, 1.807) is 0 Å². The van der Waals surface area contributed by atoms with Crippen LogP contribution >= 0.6 is 11.6 Å². The van der Waals surface area contributed by atoms with Gasteiger partial charge in [0.15, 0.2) is 0 Å². The molecule has 0 aliphatic rings. The Morgan fingerprint density at radius 2 is 1.57 bits per heavy atom. The molecule has 1 atom stereocenters. The van der Waals surface area contributed by atoms with Crippen LogP contribution in [0.3, 0.4) is 0 Å². The van der Waals surface area contributed by atoms with Gasteiger partial charge in [0.05, 0.1) is 0 Å². The molecule has 1 nitrogen and oxygen atoms in total. The summed E-state index contributed by atoms with van der Waals surface area (Å²) in [5, 5.41) is -0.230. The van der Waals surface area contributed by atoms with Crippen molar-refractivity contribution in [1.82, 2.24) is 0 Å². The van der Waals surface area contributed by atoms with Gasteiger partial charge in [-0.3, -0.25) is 4.79 Å². The normalized spacial score (nSPS) is 12.8. The van der Waals surface area contributed by atoms with E-state index >= 15 is 0 Å². The fourth-order valence-electron chi connectivity index (χ4n) is 0.613. The van der Waals surface area contributed by atoms with Crippen molar-refractivity contribution in [2.75, 3.05) is 0 Å². The van der Waals surface area contributed by atoms with E-state index in [0.29, 0.717) is 0 Å². The van der Waals surface area contributed by atoms with Gasteiger partial charge in [-0.2, -0.15) is 0 Å². The largest absolute Gasteiger partial charge is 0.281 e. The summed E-state index contributed by atoms with van der Waals surface area (Å²) in [6, 6.07) is 0. The highest BCUT2D eigenvalue weighted by atomic mass is 35.5. The van der Waals surface area contributed by atoms with Gasteiger partial charge in [0.1, 0.15) is 0 Å². The Balaban J connectivity index is 0. The number of hydrogen-bond donors (Lipinski definition) is 0. The highest BCUT2D eigenvalue weighted by Crippen LogP contribution is 2.31. The van der Waals surface area contributed by atoms with Crippen LogP contribution in [0.15, 0.2) is 0 Å². The van der Waals surface area contributed by atoms with Crippen LogP contribution in [-0.2, 0) is 4.79 Å². The van der Waals surface area contributed by atoms with Gasteiger partial charge in [-0.05, 0) is 17.0 Å². The third kappa shape index (κ3) is 7.37. The lowest BCUT2D eigenvalue weighted by atomic mass is 9.79. The van der Waals surface area contributed by atoms with Gasteiger partial charge in [-0.1, -0.05) is 60.8 Å². The summed E-state index contributed by atoms with van der Waals surface area (Å²) < 4.78 is 0. The minimum Gasteiger partial charge on any atom is -0.281 e. The molecule has 0 spiro atoms. The van der Waals surface area contributed by atoms with Gasteiger partial charge in [-0.25, -0.2) is 0 Å². The summed E-state index contributed by atoms with van der Waals surface area (Å²) in [6.07, 6.45) is 3.62. The number of carbonyl (C=O) groups excluding carboxylic acids is 1. The highest BCUT2D eigenvalue weighted by molar-refractivity contribution is 6.64. The van der Waals surface area contributed by atoms with Crippen LogP contribution in [0.5, 0.6) is 0 Å². The highest BCUT2D eigenvalue weighted by Gasteiger charge is 2.28. The number of carbonyl (C=O) groups is 1. The van der Waals surface area contributed by atoms with Crippen LogP contribution in [0.2, 0.25) is 0 Å². The second-order valence-corrected chi connectivity index (χ2v) is 4.74. The second kappa shape index (κ2) is 8.28. The predicted octanol–water partition coefficient (Wildman–Crippen LogP) is 4.63.